The maximum absolute atomic E-state index is 11.4. The fraction of sp³-hybridized carbons (Fsp3) is 0.381. The van der Waals surface area contributed by atoms with Gasteiger partial charge in [0.25, 0.3) is 0 Å². The number of carboxylic acids is 1. The summed E-state index contributed by atoms with van der Waals surface area (Å²) in [6, 6.07) is 13.8. The average Bonchev–Trinajstić information content (AvgIpc) is 3.23. The van der Waals surface area contributed by atoms with Gasteiger partial charge < -0.3 is 10.4 Å². The van der Waals surface area contributed by atoms with E-state index in [1.165, 1.54) is 30.4 Å². The number of carbonyl (C=O) groups is 1. The summed E-state index contributed by atoms with van der Waals surface area (Å²) in [6.45, 7) is 0. The number of benzene rings is 2. The van der Waals surface area contributed by atoms with Gasteiger partial charge in [-0.1, -0.05) is 29.8 Å². The summed E-state index contributed by atoms with van der Waals surface area (Å²) in [7, 11) is 0. The summed E-state index contributed by atoms with van der Waals surface area (Å²) in [5.41, 5.74) is 3.82. The Morgan fingerprint density at radius 2 is 1.88 bits per heavy atom. The van der Waals surface area contributed by atoms with Crippen LogP contribution in [-0.2, 0) is 0 Å². The smallest absolute Gasteiger partial charge is 0.335 e. The molecule has 128 valence electrons. The monoisotopic (exact) mass is 353 g/mol. The third-order valence-electron chi connectivity index (χ3n) is 6.57. The first-order chi connectivity index (χ1) is 12.1. The first-order valence-corrected chi connectivity index (χ1v) is 9.39. The molecule has 5 atom stereocenters. The minimum atomic E-state index is -0.851. The predicted octanol–water partition coefficient (Wildman–Crippen LogP) is 5.33. The molecular formula is C21H20ClNO2. The van der Waals surface area contributed by atoms with E-state index in [-0.39, 0.29) is 6.04 Å². The Kier molecular flexibility index (Phi) is 3.36. The first-order valence-electron chi connectivity index (χ1n) is 9.01. The van der Waals surface area contributed by atoms with Crippen molar-refractivity contribution >= 4 is 23.3 Å². The second kappa shape index (κ2) is 5.50. The van der Waals surface area contributed by atoms with Crippen LogP contribution in [0.25, 0.3) is 0 Å². The molecular weight excluding hydrogens is 334 g/mol. The van der Waals surface area contributed by atoms with Crippen LogP contribution in [0.2, 0.25) is 5.02 Å². The van der Waals surface area contributed by atoms with Gasteiger partial charge in [-0.25, -0.2) is 4.79 Å². The molecule has 3 aliphatic rings. The van der Waals surface area contributed by atoms with Crippen LogP contribution in [0.15, 0.2) is 42.5 Å². The molecule has 3 nitrogen and oxygen atoms in total. The Hall–Kier alpha value is -2.00. The Morgan fingerprint density at radius 1 is 1.08 bits per heavy atom. The Balaban J connectivity index is 1.65. The lowest BCUT2D eigenvalue weighted by atomic mass is 9.68. The van der Waals surface area contributed by atoms with Gasteiger partial charge >= 0.3 is 5.97 Å². The number of nitrogens with one attached hydrogen (secondary N) is 1. The normalized spacial score (nSPS) is 32.0. The van der Waals surface area contributed by atoms with Gasteiger partial charge in [0.15, 0.2) is 0 Å². The summed E-state index contributed by atoms with van der Waals surface area (Å²) in [6.07, 6.45) is 3.80. The maximum Gasteiger partial charge on any atom is 0.335 e. The van der Waals surface area contributed by atoms with Gasteiger partial charge in [0.2, 0.25) is 0 Å². The molecule has 0 amide bonds. The lowest BCUT2D eigenvalue weighted by Crippen LogP contribution is -2.35. The van der Waals surface area contributed by atoms with Crippen LogP contribution in [0.1, 0.15) is 52.7 Å². The van der Waals surface area contributed by atoms with Crippen molar-refractivity contribution in [1.29, 1.82) is 0 Å². The zero-order valence-electron chi connectivity index (χ0n) is 13.8. The molecule has 2 N–H and O–H groups in total. The van der Waals surface area contributed by atoms with E-state index < -0.39 is 5.97 Å². The van der Waals surface area contributed by atoms with Gasteiger partial charge in [-0.15, -0.1) is 0 Å². The summed E-state index contributed by atoms with van der Waals surface area (Å²) >= 11 is 6.53. The molecule has 0 aromatic heterocycles. The van der Waals surface area contributed by atoms with Crippen molar-refractivity contribution in [1.82, 2.24) is 0 Å². The number of anilines is 1. The summed E-state index contributed by atoms with van der Waals surface area (Å²) < 4.78 is 0. The number of rotatable bonds is 2. The van der Waals surface area contributed by atoms with Crippen molar-refractivity contribution in [2.45, 2.75) is 31.2 Å². The van der Waals surface area contributed by atoms with Crippen molar-refractivity contribution in [3.63, 3.8) is 0 Å². The van der Waals surface area contributed by atoms with Crippen LogP contribution >= 0.6 is 11.6 Å². The quantitative estimate of drug-likeness (QED) is 0.766. The number of hydrogen-bond acceptors (Lipinski definition) is 2. The lowest BCUT2D eigenvalue weighted by molar-refractivity contribution is 0.0696. The van der Waals surface area contributed by atoms with E-state index in [1.54, 1.807) is 6.07 Å². The number of hydrogen-bond donors (Lipinski definition) is 2. The minimum Gasteiger partial charge on any atom is -0.478 e. The molecule has 25 heavy (non-hydrogen) atoms. The van der Waals surface area contributed by atoms with Crippen LogP contribution in [0.5, 0.6) is 0 Å². The van der Waals surface area contributed by atoms with Gasteiger partial charge in [-0.3, -0.25) is 0 Å². The van der Waals surface area contributed by atoms with E-state index >= 15 is 0 Å². The highest BCUT2D eigenvalue weighted by Gasteiger charge is 2.54. The number of aromatic carboxylic acids is 1. The third-order valence-corrected chi connectivity index (χ3v) is 6.92. The predicted molar refractivity (Wildman–Crippen MR) is 98.3 cm³/mol. The summed E-state index contributed by atoms with van der Waals surface area (Å²) in [5.74, 6) is 1.46. The van der Waals surface area contributed by atoms with Crippen LogP contribution in [0.4, 0.5) is 5.69 Å². The maximum atomic E-state index is 11.4. The summed E-state index contributed by atoms with van der Waals surface area (Å²) in [4.78, 5) is 11.4. The fourth-order valence-corrected chi connectivity index (χ4v) is 5.91. The zero-order chi connectivity index (χ0) is 17.1. The van der Waals surface area contributed by atoms with Crippen molar-refractivity contribution in [2.75, 3.05) is 5.32 Å². The van der Waals surface area contributed by atoms with Gasteiger partial charge in [-0.2, -0.15) is 0 Å². The molecule has 2 aromatic carbocycles. The molecule has 0 spiro atoms. The second-order valence-corrected chi connectivity index (χ2v) is 8.09. The third kappa shape index (κ3) is 2.22. The molecule has 0 saturated heterocycles. The number of halogens is 1. The van der Waals surface area contributed by atoms with Crippen LogP contribution < -0.4 is 5.32 Å². The van der Waals surface area contributed by atoms with Crippen LogP contribution in [-0.4, -0.2) is 11.1 Å². The highest BCUT2D eigenvalue weighted by molar-refractivity contribution is 6.31. The van der Waals surface area contributed by atoms with Gasteiger partial charge in [0, 0.05) is 10.7 Å². The molecule has 1 heterocycles. The van der Waals surface area contributed by atoms with Crippen LogP contribution in [0.3, 0.4) is 0 Å². The first kappa shape index (κ1) is 15.3. The molecule has 2 aromatic rings. The van der Waals surface area contributed by atoms with Crippen LogP contribution in [0, 0.1) is 17.8 Å². The Morgan fingerprint density at radius 3 is 2.68 bits per heavy atom. The fourth-order valence-electron chi connectivity index (χ4n) is 5.66. The Bertz CT molecular complexity index is 865. The van der Waals surface area contributed by atoms with Gasteiger partial charge in [0.05, 0.1) is 11.6 Å². The molecule has 2 aliphatic carbocycles. The van der Waals surface area contributed by atoms with Gasteiger partial charge in [0.1, 0.15) is 0 Å². The Labute approximate surface area is 152 Å². The van der Waals surface area contributed by atoms with Gasteiger partial charge in [-0.05, 0) is 78.3 Å². The second-order valence-electron chi connectivity index (χ2n) is 7.69. The van der Waals surface area contributed by atoms with Crippen molar-refractivity contribution in [2.24, 2.45) is 17.8 Å². The largest absolute Gasteiger partial charge is 0.478 e. The SMILES string of the molecule is O=C(O)c1ccc2c(c1)[C@@H]1[C@H]3CC[C@@H](C3)[C@H]1[C@H](c1ccccc1Cl)N2. The number of fused-ring (bicyclic) bond motifs is 7. The molecule has 0 radical (unpaired) electrons. The lowest BCUT2D eigenvalue weighted by Gasteiger charge is -2.43. The van der Waals surface area contributed by atoms with Crippen molar-refractivity contribution in [3.05, 3.63) is 64.2 Å². The molecule has 1 aliphatic heterocycles. The number of carboxylic acid groups (broad SMARTS) is 1. The van der Waals surface area contributed by atoms with E-state index in [1.807, 2.05) is 30.3 Å². The standard InChI is InChI=1S/C21H20ClNO2/c22-16-4-2-1-3-14(16)20-19-12-6-5-11(9-12)18(19)15-10-13(21(24)25)7-8-17(15)23-20/h1-4,7-8,10-12,18-20,23H,5-6,9H2,(H,24,25)/t11-,12-,18-,19+,20-/m0/s1. The van der Waals surface area contributed by atoms with E-state index in [0.29, 0.717) is 29.2 Å². The summed E-state index contributed by atoms with van der Waals surface area (Å²) in [5, 5.41) is 13.9. The van der Waals surface area contributed by atoms with E-state index in [0.717, 1.165) is 10.7 Å². The molecule has 2 fully saturated rings. The highest BCUT2D eigenvalue weighted by Crippen LogP contribution is 2.64. The zero-order valence-corrected chi connectivity index (χ0v) is 14.5. The molecule has 0 unspecified atom stereocenters. The average molecular weight is 354 g/mol. The molecule has 5 rings (SSSR count). The van der Waals surface area contributed by atoms with Crippen molar-refractivity contribution in [3.8, 4) is 0 Å². The molecule has 2 saturated carbocycles. The minimum absolute atomic E-state index is 0.206. The molecule has 2 bridgehead atoms. The van der Waals surface area contributed by atoms with E-state index in [9.17, 15) is 9.90 Å². The van der Waals surface area contributed by atoms with E-state index in [2.05, 4.69) is 11.4 Å². The topological polar surface area (TPSA) is 49.3 Å². The van der Waals surface area contributed by atoms with E-state index in [4.69, 9.17) is 11.6 Å². The molecule has 4 heteroatoms. The highest BCUT2D eigenvalue weighted by atomic mass is 35.5. The van der Waals surface area contributed by atoms with Crippen molar-refractivity contribution < 1.29 is 9.90 Å².